The molecule has 1 aromatic carbocycles. The van der Waals surface area contributed by atoms with E-state index < -0.39 is 0 Å². The van der Waals surface area contributed by atoms with Gasteiger partial charge in [0.05, 0.1) is 25.1 Å². The fraction of sp³-hybridized carbons (Fsp3) is 0.500. The molecule has 0 aromatic heterocycles. The summed E-state index contributed by atoms with van der Waals surface area (Å²) in [6.45, 7) is 0. The quantitative estimate of drug-likeness (QED) is 0.313. The lowest BCUT2D eigenvalue weighted by molar-refractivity contribution is 0.424. The monoisotopic (exact) mass is 379 g/mol. The summed E-state index contributed by atoms with van der Waals surface area (Å²) < 4.78 is 3.00. The molecule has 0 spiro atoms. The van der Waals surface area contributed by atoms with Crippen molar-refractivity contribution in [3.63, 3.8) is 0 Å². The van der Waals surface area contributed by atoms with Crippen molar-refractivity contribution in [1.82, 2.24) is 4.72 Å². The molecule has 0 heterocycles. The summed E-state index contributed by atoms with van der Waals surface area (Å²) in [5.41, 5.74) is 0. The van der Waals surface area contributed by atoms with Crippen LogP contribution in [0, 0.1) is 0 Å². The molecule has 0 amide bonds. The number of hydrogen-bond donors (Lipinski definition) is 2. The first-order valence-corrected chi connectivity index (χ1v) is 8.19. The number of rotatable bonds is 1. The van der Waals surface area contributed by atoms with Crippen LogP contribution in [0.5, 0.6) is 0 Å². The molecular weight excluding hydrogens is 367 g/mol. The average Bonchev–Trinajstić information content (AvgIpc) is 2.44. The van der Waals surface area contributed by atoms with Gasteiger partial charge in [-0.25, -0.2) is 0 Å². The number of benzene rings is 1. The Bertz CT molecular complexity index is 395. The second-order valence-electron chi connectivity index (χ2n) is 4.25. The maximum atomic E-state index is 5.66. The average molecular weight is 382 g/mol. The molecule has 2 rings (SSSR count). The molecule has 0 bridgehead atoms. The molecule has 1 aromatic rings. The van der Waals surface area contributed by atoms with Crippen molar-refractivity contribution in [2.75, 3.05) is 0 Å². The molecular formula is C12H14Cl5NS. The van der Waals surface area contributed by atoms with Gasteiger partial charge >= 0.3 is 0 Å². The predicted molar refractivity (Wildman–Crippen MR) is 90.5 cm³/mol. The van der Waals surface area contributed by atoms with E-state index in [1.165, 1.54) is 38.2 Å². The van der Waals surface area contributed by atoms with Crippen molar-refractivity contribution in [2.24, 2.45) is 0 Å². The predicted octanol–water partition coefficient (Wildman–Crippen LogP) is 6.71. The van der Waals surface area contributed by atoms with Gasteiger partial charge in [0.15, 0.2) is 0 Å². The van der Waals surface area contributed by atoms with Crippen LogP contribution in [0.4, 0.5) is 0 Å². The van der Waals surface area contributed by atoms with Gasteiger partial charge in [0, 0.05) is 6.04 Å². The fourth-order valence-electron chi connectivity index (χ4n) is 1.78. The maximum absolute atomic E-state index is 5.66. The van der Waals surface area contributed by atoms with Gasteiger partial charge < -0.3 is 0 Å². The van der Waals surface area contributed by atoms with E-state index in [9.17, 15) is 0 Å². The maximum Gasteiger partial charge on any atom is 0.0808 e. The third-order valence-corrected chi connectivity index (χ3v) is 5.36. The minimum Gasteiger partial charge on any atom is -0.264 e. The standard InChI is InChI=1S/C6HCl5.C6H13NS/c7-2-1-3(8)5(10)6(11)4(2)9;8-7-6-4-2-1-3-5-6/h1H;6-8H,1-5H2. The molecule has 19 heavy (non-hydrogen) atoms. The Kier molecular flexibility index (Phi) is 8.63. The number of thiol groups is 1. The van der Waals surface area contributed by atoms with Crippen LogP contribution < -0.4 is 4.72 Å². The van der Waals surface area contributed by atoms with Crippen molar-refractivity contribution in [3.8, 4) is 0 Å². The van der Waals surface area contributed by atoms with Gasteiger partial charge in [-0.15, -0.1) is 0 Å². The molecule has 0 saturated heterocycles. The van der Waals surface area contributed by atoms with Crippen molar-refractivity contribution in [3.05, 3.63) is 31.2 Å². The lowest BCUT2D eigenvalue weighted by atomic mass is 9.96. The highest BCUT2D eigenvalue weighted by molar-refractivity contribution is 7.78. The molecule has 7 heteroatoms. The normalized spacial score (nSPS) is 15.9. The van der Waals surface area contributed by atoms with Gasteiger partial charge in [0.1, 0.15) is 0 Å². The highest BCUT2D eigenvalue weighted by Gasteiger charge is 2.11. The van der Waals surface area contributed by atoms with Gasteiger partial charge in [0.2, 0.25) is 0 Å². The Hall–Kier alpha value is 0.980. The van der Waals surface area contributed by atoms with E-state index in [0.29, 0.717) is 16.1 Å². The van der Waals surface area contributed by atoms with E-state index >= 15 is 0 Å². The Labute approximate surface area is 144 Å². The Morgan fingerprint density at radius 3 is 1.68 bits per heavy atom. The molecule has 1 fully saturated rings. The molecule has 1 saturated carbocycles. The molecule has 1 nitrogen and oxygen atoms in total. The number of halogens is 5. The number of nitrogens with one attached hydrogen (secondary N) is 1. The molecule has 0 aliphatic heterocycles. The highest BCUT2D eigenvalue weighted by atomic mass is 35.5. The number of hydrogen-bond acceptors (Lipinski definition) is 2. The second-order valence-corrected chi connectivity index (χ2v) is 6.45. The van der Waals surface area contributed by atoms with E-state index in [-0.39, 0.29) is 15.1 Å². The minimum absolute atomic E-state index is 0.186. The SMILES string of the molecule is Clc1cc(Cl)c(Cl)c(Cl)c1Cl.SNC1CCCCC1. The molecule has 108 valence electrons. The van der Waals surface area contributed by atoms with E-state index in [0.717, 1.165) is 0 Å². The summed E-state index contributed by atoms with van der Waals surface area (Å²) in [6.07, 6.45) is 6.84. The van der Waals surface area contributed by atoms with Crippen LogP contribution in [0.1, 0.15) is 32.1 Å². The van der Waals surface area contributed by atoms with Crippen LogP contribution in [0.15, 0.2) is 6.07 Å². The molecule has 1 aliphatic carbocycles. The van der Waals surface area contributed by atoms with Gasteiger partial charge in [-0.1, -0.05) is 90.1 Å². The van der Waals surface area contributed by atoms with Crippen LogP contribution in [-0.4, -0.2) is 6.04 Å². The summed E-state index contributed by atoms with van der Waals surface area (Å²) >= 11 is 32.2. The topological polar surface area (TPSA) is 12.0 Å². The molecule has 0 radical (unpaired) electrons. The zero-order chi connectivity index (χ0) is 14.4. The largest absolute Gasteiger partial charge is 0.264 e. The summed E-state index contributed by atoms with van der Waals surface area (Å²) in [5.74, 6) is 0. The Morgan fingerprint density at radius 2 is 1.32 bits per heavy atom. The first kappa shape index (κ1) is 18.0. The van der Waals surface area contributed by atoms with Gasteiger partial charge in [-0.05, 0) is 18.9 Å². The zero-order valence-electron chi connectivity index (χ0n) is 10.0. The van der Waals surface area contributed by atoms with E-state index in [1.807, 2.05) is 0 Å². The van der Waals surface area contributed by atoms with Crippen molar-refractivity contribution in [2.45, 2.75) is 38.1 Å². The van der Waals surface area contributed by atoms with E-state index in [2.05, 4.69) is 17.5 Å². The lowest BCUT2D eigenvalue weighted by Gasteiger charge is -2.19. The second kappa shape index (κ2) is 9.09. The first-order chi connectivity index (χ1) is 8.97. The Morgan fingerprint density at radius 1 is 0.842 bits per heavy atom. The van der Waals surface area contributed by atoms with Crippen LogP contribution >= 0.6 is 70.8 Å². The highest BCUT2D eigenvalue weighted by Crippen LogP contribution is 2.40. The van der Waals surface area contributed by atoms with Crippen molar-refractivity contribution >= 4 is 70.8 Å². The molecule has 0 atom stereocenters. The van der Waals surface area contributed by atoms with Crippen molar-refractivity contribution < 1.29 is 0 Å². The Balaban J connectivity index is 0.000000200. The smallest absolute Gasteiger partial charge is 0.0808 e. The lowest BCUT2D eigenvalue weighted by Crippen LogP contribution is -2.23. The summed E-state index contributed by atoms with van der Waals surface area (Å²) in [7, 11) is 0. The summed E-state index contributed by atoms with van der Waals surface area (Å²) in [5, 5.41) is 1.23. The van der Waals surface area contributed by atoms with E-state index in [1.54, 1.807) is 0 Å². The van der Waals surface area contributed by atoms with Gasteiger partial charge in [-0.2, -0.15) is 0 Å². The third-order valence-electron chi connectivity index (χ3n) is 2.85. The van der Waals surface area contributed by atoms with Crippen LogP contribution in [-0.2, 0) is 0 Å². The first-order valence-electron chi connectivity index (χ1n) is 5.85. The zero-order valence-corrected chi connectivity index (χ0v) is 14.7. The minimum atomic E-state index is 0.186. The van der Waals surface area contributed by atoms with E-state index in [4.69, 9.17) is 58.0 Å². The summed E-state index contributed by atoms with van der Waals surface area (Å²) in [6, 6.07) is 2.15. The molecule has 1 aliphatic rings. The third kappa shape index (κ3) is 5.70. The van der Waals surface area contributed by atoms with Crippen LogP contribution in [0.3, 0.4) is 0 Å². The van der Waals surface area contributed by atoms with Crippen LogP contribution in [0.2, 0.25) is 25.1 Å². The van der Waals surface area contributed by atoms with Gasteiger partial charge in [-0.3, -0.25) is 4.72 Å². The summed E-state index contributed by atoms with van der Waals surface area (Å²) in [4.78, 5) is 0. The van der Waals surface area contributed by atoms with Gasteiger partial charge in [0.25, 0.3) is 0 Å². The molecule has 1 N–H and O–H groups in total. The van der Waals surface area contributed by atoms with Crippen LogP contribution in [0.25, 0.3) is 0 Å². The van der Waals surface area contributed by atoms with Crippen molar-refractivity contribution in [1.29, 1.82) is 0 Å². The molecule has 0 unspecified atom stereocenters. The fourth-order valence-corrected chi connectivity index (χ4v) is 3.14.